The Hall–Kier alpha value is -2.26. The van der Waals surface area contributed by atoms with E-state index < -0.39 is 0 Å². The van der Waals surface area contributed by atoms with E-state index in [0.717, 1.165) is 33.3 Å². The fourth-order valence-electron chi connectivity index (χ4n) is 2.47. The molecule has 0 amide bonds. The van der Waals surface area contributed by atoms with Gasteiger partial charge in [-0.2, -0.15) is 0 Å². The van der Waals surface area contributed by atoms with Crippen LogP contribution in [0, 0.1) is 13.8 Å². The van der Waals surface area contributed by atoms with Gasteiger partial charge in [0.2, 0.25) is 0 Å². The molecule has 1 aromatic carbocycles. The van der Waals surface area contributed by atoms with Gasteiger partial charge in [0.1, 0.15) is 0 Å². The van der Waals surface area contributed by atoms with Gasteiger partial charge in [-0.15, -0.1) is 0 Å². The van der Waals surface area contributed by atoms with E-state index in [9.17, 15) is 0 Å². The van der Waals surface area contributed by atoms with Gasteiger partial charge < -0.3 is 5.73 Å². The summed E-state index contributed by atoms with van der Waals surface area (Å²) in [5, 5.41) is 1.10. The number of benzene rings is 1. The first-order chi connectivity index (χ1) is 9.65. The first kappa shape index (κ1) is 12.8. The Bertz CT molecular complexity index is 765. The zero-order valence-electron chi connectivity index (χ0n) is 11.7. The highest BCUT2D eigenvalue weighted by molar-refractivity contribution is 5.78. The summed E-state index contributed by atoms with van der Waals surface area (Å²) in [4.78, 5) is 8.95. The minimum absolute atomic E-state index is 0.243. The summed E-state index contributed by atoms with van der Waals surface area (Å²) >= 11 is 0. The van der Waals surface area contributed by atoms with Crippen molar-refractivity contribution in [2.45, 2.75) is 19.9 Å². The predicted octanol–water partition coefficient (Wildman–Crippen LogP) is 3.29. The number of aryl methyl sites for hydroxylation is 2. The van der Waals surface area contributed by atoms with Gasteiger partial charge in [0, 0.05) is 17.8 Å². The molecule has 0 aliphatic rings. The van der Waals surface area contributed by atoms with Crippen LogP contribution in [0.2, 0.25) is 0 Å². The van der Waals surface area contributed by atoms with E-state index in [1.165, 1.54) is 0 Å². The van der Waals surface area contributed by atoms with E-state index in [2.05, 4.69) is 22.1 Å². The third-order valence-electron chi connectivity index (χ3n) is 3.52. The van der Waals surface area contributed by atoms with E-state index in [0.29, 0.717) is 0 Å². The van der Waals surface area contributed by atoms with Crippen molar-refractivity contribution in [1.29, 1.82) is 0 Å². The first-order valence-corrected chi connectivity index (χ1v) is 6.68. The topological polar surface area (TPSA) is 51.8 Å². The molecule has 0 aliphatic heterocycles. The maximum atomic E-state index is 6.36. The highest BCUT2D eigenvalue weighted by Crippen LogP contribution is 2.23. The summed E-state index contributed by atoms with van der Waals surface area (Å²) in [5.74, 6) is 0. The molecule has 3 nitrogen and oxygen atoms in total. The lowest BCUT2D eigenvalue weighted by atomic mass is 10.00. The Labute approximate surface area is 118 Å². The average molecular weight is 263 g/mol. The summed E-state index contributed by atoms with van der Waals surface area (Å²) < 4.78 is 0. The number of rotatable bonds is 2. The minimum Gasteiger partial charge on any atom is -0.319 e. The van der Waals surface area contributed by atoms with Gasteiger partial charge in [-0.25, -0.2) is 0 Å². The largest absolute Gasteiger partial charge is 0.319 e. The van der Waals surface area contributed by atoms with E-state index in [1.807, 2.05) is 50.5 Å². The second-order valence-electron chi connectivity index (χ2n) is 5.15. The average Bonchev–Trinajstić information content (AvgIpc) is 2.46. The van der Waals surface area contributed by atoms with E-state index >= 15 is 0 Å². The lowest BCUT2D eigenvalue weighted by molar-refractivity contribution is 0.812. The minimum atomic E-state index is -0.243. The van der Waals surface area contributed by atoms with Crippen LogP contribution in [-0.4, -0.2) is 9.97 Å². The predicted molar refractivity (Wildman–Crippen MR) is 81.5 cm³/mol. The van der Waals surface area contributed by atoms with Gasteiger partial charge in [-0.05, 0) is 42.7 Å². The highest BCUT2D eigenvalue weighted by Gasteiger charge is 2.14. The smallest absolute Gasteiger partial charge is 0.0744 e. The first-order valence-electron chi connectivity index (χ1n) is 6.68. The molecule has 2 aromatic heterocycles. The van der Waals surface area contributed by atoms with Crippen LogP contribution in [0.4, 0.5) is 0 Å². The van der Waals surface area contributed by atoms with Crippen molar-refractivity contribution in [3.05, 3.63) is 71.2 Å². The normalized spacial score (nSPS) is 12.6. The van der Waals surface area contributed by atoms with Gasteiger partial charge in [-0.3, -0.25) is 9.97 Å². The molecule has 0 aliphatic carbocycles. The molecule has 3 rings (SSSR count). The van der Waals surface area contributed by atoms with Crippen LogP contribution in [0.1, 0.15) is 28.4 Å². The molecule has 100 valence electrons. The molecular weight excluding hydrogens is 246 g/mol. The summed E-state index contributed by atoms with van der Waals surface area (Å²) in [6.45, 7) is 4.08. The molecule has 1 atom stereocenters. The zero-order chi connectivity index (χ0) is 14.1. The number of hydrogen-bond acceptors (Lipinski definition) is 3. The number of para-hydroxylation sites is 1. The van der Waals surface area contributed by atoms with E-state index in [-0.39, 0.29) is 6.04 Å². The van der Waals surface area contributed by atoms with E-state index in [1.54, 1.807) is 0 Å². The second kappa shape index (κ2) is 5.02. The molecule has 20 heavy (non-hydrogen) atoms. The van der Waals surface area contributed by atoms with Gasteiger partial charge in [0.05, 0.1) is 17.3 Å². The van der Waals surface area contributed by atoms with Crippen LogP contribution >= 0.6 is 0 Å². The molecule has 0 saturated carbocycles. The molecule has 0 saturated heterocycles. The van der Waals surface area contributed by atoms with Crippen molar-refractivity contribution in [2.24, 2.45) is 5.73 Å². The molecule has 3 heteroatoms. The fourth-order valence-corrected chi connectivity index (χ4v) is 2.47. The van der Waals surface area contributed by atoms with Crippen LogP contribution in [0.15, 0.2) is 48.8 Å². The Balaban J connectivity index is 2.05. The molecule has 2 N–H and O–H groups in total. The van der Waals surface area contributed by atoms with Crippen LogP contribution in [0.3, 0.4) is 0 Å². The van der Waals surface area contributed by atoms with Crippen LogP contribution in [-0.2, 0) is 0 Å². The number of fused-ring (bicyclic) bond motifs is 1. The van der Waals surface area contributed by atoms with Crippen LogP contribution in [0.25, 0.3) is 10.9 Å². The Morgan fingerprint density at radius 3 is 2.60 bits per heavy atom. The Morgan fingerprint density at radius 2 is 1.80 bits per heavy atom. The quantitative estimate of drug-likeness (QED) is 0.771. The van der Waals surface area contributed by atoms with Crippen molar-refractivity contribution >= 4 is 10.9 Å². The molecule has 0 spiro atoms. The summed E-state index contributed by atoms with van der Waals surface area (Å²) in [7, 11) is 0. The number of hydrogen-bond donors (Lipinski definition) is 1. The van der Waals surface area contributed by atoms with Crippen molar-refractivity contribution in [3.8, 4) is 0 Å². The lowest BCUT2D eigenvalue weighted by Gasteiger charge is -2.14. The fraction of sp³-hybridized carbons (Fsp3) is 0.176. The molecule has 1 unspecified atom stereocenters. The SMILES string of the molecule is Cc1cnc(C(N)c2cnc3ccccc3c2)c(C)c1. The molecule has 0 bridgehead atoms. The summed E-state index contributed by atoms with van der Waals surface area (Å²) in [6.07, 6.45) is 3.70. The monoisotopic (exact) mass is 263 g/mol. The summed E-state index contributed by atoms with van der Waals surface area (Å²) in [6, 6.07) is 12.0. The summed E-state index contributed by atoms with van der Waals surface area (Å²) in [5.41, 5.74) is 11.5. The number of aromatic nitrogens is 2. The third-order valence-corrected chi connectivity index (χ3v) is 3.52. The second-order valence-corrected chi connectivity index (χ2v) is 5.15. The molecule has 0 fully saturated rings. The molecule has 0 radical (unpaired) electrons. The van der Waals surface area contributed by atoms with Crippen LogP contribution < -0.4 is 5.73 Å². The number of nitrogens with zero attached hydrogens (tertiary/aromatic N) is 2. The maximum Gasteiger partial charge on any atom is 0.0744 e. The Morgan fingerprint density at radius 1 is 1.00 bits per heavy atom. The molecule has 3 aromatic rings. The van der Waals surface area contributed by atoms with Crippen LogP contribution in [0.5, 0.6) is 0 Å². The zero-order valence-corrected chi connectivity index (χ0v) is 11.7. The van der Waals surface area contributed by atoms with Crippen molar-refractivity contribution < 1.29 is 0 Å². The molecule has 2 heterocycles. The van der Waals surface area contributed by atoms with Crippen molar-refractivity contribution in [3.63, 3.8) is 0 Å². The standard InChI is InChI=1S/C17H17N3/c1-11-7-12(2)17(20-9-11)16(18)14-8-13-5-3-4-6-15(13)19-10-14/h3-10,16H,18H2,1-2H3. The lowest BCUT2D eigenvalue weighted by Crippen LogP contribution is -2.15. The maximum absolute atomic E-state index is 6.36. The number of pyridine rings is 2. The molecular formula is C17H17N3. The van der Waals surface area contributed by atoms with Crippen molar-refractivity contribution in [1.82, 2.24) is 9.97 Å². The highest BCUT2D eigenvalue weighted by atomic mass is 14.8. The van der Waals surface area contributed by atoms with Crippen molar-refractivity contribution in [2.75, 3.05) is 0 Å². The van der Waals surface area contributed by atoms with Gasteiger partial charge in [0.25, 0.3) is 0 Å². The van der Waals surface area contributed by atoms with Gasteiger partial charge in [0.15, 0.2) is 0 Å². The van der Waals surface area contributed by atoms with E-state index in [4.69, 9.17) is 5.73 Å². The third kappa shape index (κ3) is 2.28. The number of nitrogens with two attached hydrogens (primary N) is 1. The van der Waals surface area contributed by atoms with Gasteiger partial charge in [-0.1, -0.05) is 24.3 Å². The Kier molecular flexibility index (Phi) is 3.20. The van der Waals surface area contributed by atoms with Gasteiger partial charge >= 0.3 is 0 Å².